The first-order valence-corrected chi connectivity index (χ1v) is 23.1. The number of fused-ring (bicyclic) bond motifs is 3. The molecule has 0 bridgehead atoms. The summed E-state index contributed by atoms with van der Waals surface area (Å²) in [5.74, 6) is -0.819. The second-order valence-corrected chi connectivity index (χ2v) is 17.6. The number of carbonyl (C=O) groups is 5. The summed E-state index contributed by atoms with van der Waals surface area (Å²) in [6, 6.07) is 7.68. The van der Waals surface area contributed by atoms with Gasteiger partial charge in [-0.25, -0.2) is 0 Å². The molecule has 0 aliphatic carbocycles. The number of H-pyrrole nitrogens is 1. The van der Waals surface area contributed by atoms with Crippen LogP contribution < -0.4 is 15.5 Å². The number of aryl methyl sites for hydroxylation is 1. The van der Waals surface area contributed by atoms with E-state index in [1.54, 1.807) is 25.5 Å². The topological polar surface area (TPSA) is 204 Å². The molecule has 0 atom stereocenters. The van der Waals surface area contributed by atoms with Crippen molar-refractivity contribution in [2.75, 3.05) is 111 Å². The molecule has 4 aromatic rings. The molecule has 0 spiro atoms. The fraction of sp³-hybridized carbons (Fsp3) is 0.511. The molecule has 65 heavy (non-hydrogen) atoms. The number of nitrogens with one attached hydrogen (secondary N) is 3. The second kappa shape index (κ2) is 24.4. The van der Waals surface area contributed by atoms with Crippen molar-refractivity contribution in [1.82, 2.24) is 40.1 Å². The molecule has 0 saturated carbocycles. The number of aliphatic hydroxyl groups excluding tert-OH is 1. The SMILES string of the molecule is Cc1c(Cl)cc(-c2ccn(CCNC(=O)CCOCCOCCOCCC(=O)NCCc3ccc(N4CCN(C(=O)/C=C/CN(C)C)CC4=O)s3)n2)c2c3c([nH]c12)CCN(C(=O)CO)C3. The maximum Gasteiger partial charge on any atom is 0.248 e. The molecule has 1 saturated heterocycles. The van der Waals surface area contributed by atoms with Gasteiger partial charge in [-0.1, -0.05) is 17.7 Å². The summed E-state index contributed by atoms with van der Waals surface area (Å²) in [6.07, 6.45) is 6.89. The number of likely N-dealkylation sites (N-methyl/N-ethyl adjacent to an activating group) is 1. The van der Waals surface area contributed by atoms with Crippen molar-refractivity contribution in [2.45, 2.75) is 45.7 Å². The number of amides is 5. The van der Waals surface area contributed by atoms with Crippen molar-refractivity contribution in [3.05, 3.63) is 69.3 Å². The third kappa shape index (κ3) is 13.9. The summed E-state index contributed by atoms with van der Waals surface area (Å²) < 4.78 is 18.4. The van der Waals surface area contributed by atoms with Gasteiger partial charge in [0.2, 0.25) is 29.5 Å². The maximum atomic E-state index is 12.8. The summed E-state index contributed by atoms with van der Waals surface area (Å²) in [5.41, 5.74) is 5.46. The highest BCUT2D eigenvalue weighted by atomic mass is 35.5. The van der Waals surface area contributed by atoms with E-state index in [1.165, 1.54) is 17.4 Å². The Morgan fingerprint density at radius 3 is 2.34 bits per heavy atom. The van der Waals surface area contributed by atoms with Gasteiger partial charge in [-0.2, -0.15) is 5.10 Å². The zero-order valence-electron chi connectivity index (χ0n) is 37.4. The summed E-state index contributed by atoms with van der Waals surface area (Å²) in [6.45, 7) is 7.17. The van der Waals surface area contributed by atoms with E-state index in [4.69, 9.17) is 30.9 Å². The number of aromatic amines is 1. The van der Waals surface area contributed by atoms with Crippen molar-refractivity contribution in [3.63, 3.8) is 0 Å². The number of nitrogens with zero attached hydrogens (tertiary/aromatic N) is 6. The lowest BCUT2D eigenvalue weighted by Gasteiger charge is -2.33. The molecule has 20 heteroatoms. The van der Waals surface area contributed by atoms with Gasteiger partial charge in [0, 0.05) is 109 Å². The smallest absolute Gasteiger partial charge is 0.248 e. The molecule has 2 aliphatic heterocycles. The highest BCUT2D eigenvalue weighted by Crippen LogP contribution is 2.39. The van der Waals surface area contributed by atoms with Crippen LogP contribution in [0, 0.1) is 6.92 Å². The normalized spacial score (nSPS) is 14.2. The number of ether oxygens (including phenoxy) is 3. The molecule has 1 aromatic carbocycles. The third-order valence-electron chi connectivity index (χ3n) is 11.1. The van der Waals surface area contributed by atoms with Gasteiger partial charge in [0.1, 0.15) is 13.2 Å². The number of thiophene rings is 1. The van der Waals surface area contributed by atoms with Crippen LogP contribution in [0.4, 0.5) is 5.00 Å². The summed E-state index contributed by atoms with van der Waals surface area (Å²) in [4.78, 5) is 73.7. The molecule has 6 rings (SSSR count). The van der Waals surface area contributed by atoms with Gasteiger partial charge >= 0.3 is 0 Å². The first kappa shape index (κ1) is 49.3. The highest BCUT2D eigenvalue weighted by molar-refractivity contribution is 7.16. The number of benzene rings is 1. The van der Waals surface area contributed by atoms with E-state index in [-0.39, 0.29) is 62.1 Å². The van der Waals surface area contributed by atoms with Crippen LogP contribution in [0.1, 0.15) is 34.5 Å². The van der Waals surface area contributed by atoms with Crippen molar-refractivity contribution >= 4 is 68.4 Å². The van der Waals surface area contributed by atoms with Crippen LogP contribution in [0.5, 0.6) is 0 Å². The predicted molar refractivity (Wildman–Crippen MR) is 248 cm³/mol. The Bertz CT molecular complexity index is 2310. The van der Waals surface area contributed by atoms with Crippen LogP contribution in [-0.2, 0) is 64.1 Å². The van der Waals surface area contributed by atoms with Crippen molar-refractivity contribution < 1.29 is 43.3 Å². The van der Waals surface area contributed by atoms with Gasteiger partial charge in [-0.05, 0) is 57.3 Å². The van der Waals surface area contributed by atoms with Gasteiger partial charge in [0.05, 0.1) is 62.4 Å². The maximum absolute atomic E-state index is 12.8. The van der Waals surface area contributed by atoms with E-state index in [0.29, 0.717) is 96.6 Å². The minimum absolute atomic E-state index is 0.0491. The average molecular weight is 939 g/mol. The standard InChI is InChI=1S/C45H60ClN9O9S/c1-31-35(46)27-33(44-34-28-52(42(61)30-56)16-9-36(34)49-45(31)44)37-10-17-54(50-37)18-14-48-39(58)12-22-63-24-26-64-25-23-62-21-11-38(57)47-13-8-32-6-7-43(65-32)55-20-19-53(29-41(55)60)40(59)5-4-15-51(2)3/h4-7,10,17,27,49,56H,8-9,11-16,18-26,28-30H2,1-3H3,(H,47,57)(H,48,58)/b5-4+. The van der Waals surface area contributed by atoms with E-state index < -0.39 is 6.61 Å². The molecule has 4 N–H and O–H groups in total. The molecule has 0 unspecified atom stereocenters. The number of rotatable bonds is 24. The number of anilines is 1. The quantitative estimate of drug-likeness (QED) is 0.0594. The number of halogens is 1. The van der Waals surface area contributed by atoms with Crippen LogP contribution in [0.25, 0.3) is 22.2 Å². The third-order valence-corrected chi connectivity index (χ3v) is 12.6. The molecule has 2 aliphatic rings. The van der Waals surface area contributed by atoms with E-state index in [2.05, 4.69) is 15.6 Å². The fourth-order valence-corrected chi connectivity index (χ4v) is 8.79. The minimum Gasteiger partial charge on any atom is -0.387 e. The molecule has 18 nitrogen and oxygen atoms in total. The van der Waals surface area contributed by atoms with Gasteiger partial charge in [0.25, 0.3) is 0 Å². The van der Waals surface area contributed by atoms with Gasteiger partial charge < -0.3 is 54.5 Å². The number of aliphatic hydroxyl groups is 1. The van der Waals surface area contributed by atoms with Crippen molar-refractivity contribution in [2.24, 2.45) is 0 Å². The summed E-state index contributed by atoms with van der Waals surface area (Å²) >= 11 is 8.17. The van der Waals surface area contributed by atoms with E-state index in [9.17, 15) is 29.1 Å². The monoisotopic (exact) mass is 937 g/mol. The molecule has 1 fully saturated rings. The Balaban J connectivity index is 0.769. The number of hydrogen-bond donors (Lipinski definition) is 4. The molecule has 3 aromatic heterocycles. The lowest BCUT2D eigenvalue weighted by Crippen LogP contribution is -2.51. The van der Waals surface area contributed by atoms with Crippen LogP contribution in [0.2, 0.25) is 5.02 Å². The lowest BCUT2D eigenvalue weighted by molar-refractivity contribution is -0.135. The second-order valence-electron chi connectivity index (χ2n) is 16.0. The van der Waals surface area contributed by atoms with Gasteiger partial charge in [0.15, 0.2) is 0 Å². The largest absolute Gasteiger partial charge is 0.387 e. The number of aromatic nitrogens is 3. The Hall–Kier alpha value is -5.15. The Morgan fingerprint density at radius 1 is 0.938 bits per heavy atom. The summed E-state index contributed by atoms with van der Waals surface area (Å²) in [5, 5.41) is 22.4. The first-order chi connectivity index (χ1) is 31.4. The molecule has 352 valence electrons. The van der Waals surface area contributed by atoms with Gasteiger partial charge in [-0.3, -0.25) is 28.7 Å². The highest BCUT2D eigenvalue weighted by Gasteiger charge is 2.29. The van der Waals surface area contributed by atoms with Crippen LogP contribution in [0.15, 0.2) is 42.6 Å². The lowest BCUT2D eigenvalue weighted by atomic mass is 9.97. The van der Waals surface area contributed by atoms with Crippen LogP contribution in [0.3, 0.4) is 0 Å². The van der Waals surface area contributed by atoms with Crippen molar-refractivity contribution in [1.29, 1.82) is 0 Å². The average Bonchev–Trinajstić information content (AvgIpc) is 4.06. The number of piperazine rings is 1. The summed E-state index contributed by atoms with van der Waals surface area (Å²) in [7, 11) is 3.85. The molecular weight excluding hydrogens is 878 g/mol. The first-order valence-electron chi connectivity index (χ1n) is 21.9. The zero-order chi connectivity index (χ0) is 46.3. The predicted octanol–water partition coefficient (Wildman–Crippen LogP) is 2.53. The number of hydrogen-bond acceptors (Lipinski definition) is 12. The molecular formula is C45H60ClN9O9S. The molecule has 5 heterocycles. The Kier molecular flexibility index (Phi) is 18.5. The number of carbonyl (C=O) groups excluding carboxylic acids is 5. The molecule has 5 amide bonds. The van der Waals surface area contributed by atoms with E-state index in [1.807, 2.05) is 56.4 Å². The Labute approximate surface area is 387 Å². The fourth-order valence-electron chi connectivity index (χ4n) is 7.54. The minimum atomic E-state index is -0.527. The van der Waals surface area contributed by atoms with Crippen LogP contribution >= 0.6 is 22.9 Å². The Morgan fingerprint density at radius 2 is 1.65 bits per heavy atom. The van der Waals surface area contributed by atoms with Crippen LogP contribution in [-0.4, -0.2) is 170 Å². The van der Waals surface area contributed by atoms with Gasteiger partial charge in [-0.15, -0.1) is 11.3 Å². The van der Waals surface area contributed by atoms with E-state index in [0.717, 1.165) is 48.9 Å². The van der Waals surface area contributed by atoms with Crippen molar-refractivity contribution in [3.8, 4) is 11.3 Å². The van der Waals surface area contributed by atoms with E-state index >= 15 is 0 Å². The molecule has 0 radical (unpaired) electrons. The zero-order valence-corrected chi connectivity index (χ0v) is 38.9.